The summed E-state index contributed by atoms with van der Waals surface area (Å²) in [5, 5.41) is 0. The molecule has 1 heterocycles. The predicted molar refractivity (Wildman–Crippen MR) is 58.9 cm³/mol. The van der Waals surface area contributed by atoms with E-state index in [1.807, 2.05) is 6.20 Å². The smallest absolute Gasteiger partial charge is 0.101 e. The molecule has 0 fully saturated rings. The van der Waals surface area contributed by atoms with E-state index in [9.17, 15) is 0 Å². The van der Waals surface area contributed by atoms with Gasteiger partial charge in [0, 0.05) is 12.2 Å². The molecule has 0 aliphatic rings. The molecule has 1 unspecified atom stereocenters. The number of pyridine rings is 1. The van der Waals surface area contributed by atoms with Gasteiger partial charge in [0.15, 0.2) is 0 Å². The van der Waals surface area contributed by atoms with E-state index in [1.54, 1.807) is 0 Å². The fourth-order valence-electron chi connectivity index (χ4n) is 1.14. The molecule has 2 N–H and O–H groups in total. The van der Waals surface area contributed by atoms with Crippen LogP contribution in [0, 0.1) is 10.6 Å². The lowest BCUT2D eigenvalue weighted by atomic mass is 10.0. The molecule has 1 rings (SSSR count). The molecule has 66 valence electrons. The molecule has 12 heavy (non-hydrogen) atoms. The average molecular weight is 276 g/mol. The first-order valence-electron chi connectivity index (χ1n) is 4.02. The Balaban J connectivity index is 3.01. The van der Waals surface area contributed by atoms with Gasteiger partial charge in [0.1, 0.15) is 3.70 Å². The highest BCUT2D eigenvalue weighted by atomic mass is 127. The van der Waals surface area contributed by atoms with Gasteiger partial charge < -0.3 is 5.73 Å². The second-order valence-electron chi connectivity index (χ2n) is 2.88. The molecule has 0 aromatic carbocycles. The van der Waals surface area contributed by atoms with Crippen LogP contribution in [0.1, 0.15) is 30.5 Å². The minimum atomic E-state index is 0.134. The second-order valence-corrected chi connectivity index (χ2v) is 3.98. The van der Waals surface area contributed by atoms with E-state index in [2.05, 4.69) is 47.5 Å². The Morgan fingerprint density at radius 1 is 1.67 bits per heavy atom. The number of hydrogen-bond acceptors (Lipinski definition) is 2. The Morgan fingerprint density at radius 3 is 2.83 bits per heavy atom. The Kier molecular flexibility index (Phi) is 3.46. The first-order chi connectivity index (χ1) is 5.65. The van der Waals surface area contributed by atoms with Crippen LogP contribution in [0.5, 0.6) is 0 Å². The summed E-state index contributed by atoms with van der Waals surface area (Å²) in [4.78, 5) is 4.22. The van der Waals surface area contributed by atoms with E-state index in [-0.39, 0.29) is 6.04 Å². The summed E-state index contributed by atoms with van der Waals surface area (Å²) in [6.07, 6.45) is 2.84. The predicted octanol–water partition coefficient (Wildman–Crippen LogP) is 2.40. The molecule has 0 saturated heterocycles. The summed E-state index contributed by atoms with van der Waals surface area (Å²) in [5.74, 6) is 0. The molecule has 1 atom stereocenters. The third-order valence-corrected chi connectivity index (χ3v) is 2.55. The van der Waals surface area contributed by atoms with Crippen LogP contribution in [0.15, 0.2) is 12.3 Å². The van der Waals surface area contributed by atoms with E-state index in [4.69, 9.17) is 5.73 Å². The van der Waals surface area contributed by atoms with Crippen molar-refractivity contribution in [3.05, 3.63) is 27.1 Å². The van der Waals surface area contributed by atoms with Crippen LogP contribution in [0.2, 0.25) is 0 Å². The summed E-state index contributed by atoms with van der Waals surface area (Å²) >= 11 is 2.21. The van der Waals surface area contributed by atoms with Gasteiger partial charge in [0.2, 0.25) is 0 Å². The van der Waals surface area contributed by atoms with Crippen LogP contribution >= 0.6 is 22.6 Å². The molecule has 0 amide bonds. The molecule has 2 nitrogen and oxygen atoms in total. The van der Waals surface area contributed by atoms with E-state index in [0.29, 0.717) is 0 Å². The number of halogens is 1. The third kappa shape index (κ3) is 2.17. The maximum absolute atomic E-state index is 5.90. The number of aryl methyl sites for hydroxylation is 1. The van der Waals surface area contributed by atoms with Crippen molar-refractivity contribution in [2.75, 3.05) is 0 Å². The van der Waals surface area contributed by atoms with Gasteiger partial charge in [-0.3, -0.25) is 0 Å². The summed E-state index contributed by atoms with van der Waals surface area (Å²) < 4.78 is 1.03. The average Bonchev–Trinajstić information content (AvgIpc) is 2.03. The normalized spacial score (nSPS) is 13.0. The zero-order valence-corrected chi connectivity index (χ0v) is 9.50. The molecule has 0 bridgehead atoms. The molecular formula is C9H13IN2. The number of hydrogen-bond donors (Lipinski definition) is 1. The Bertz CT molecular complexity index is 273. The molecule has 1 aromatic rings. The second kappa shape index (κ2) is 4.18. The van der Waals surface area contributed by atoms with Crippen molar-refractivity contribution < 1.29 is 0 Å². The number of nitrogens with zero attached hydrogens (tertiary/aromatic N) is 1. The SMILES string of the molecule is CCC(N)c1cnc(I)cc1C. The van der Waals surface area contributed by atoms with E-state index < -0.39 is 0 Å². The monoisotopic (exact) mass is 276 g/mol. The van der Waals surface area contributed by atoms with Crippen LogP contribution in [0.25, 0.3) is 0 Å². The van der Waals surface area contributed by atoms with Crippen LogP contribution in [0.4, 0.5) is 0 Å². The molecule has 0 spiro atoms. The zero-order chi connectivity index (χ0) is 9.14. The van der Waals surface area contributed by atoms with Crippen molar-refractivity contribution in [1.82, 2.24) is 4.98 Å². The minimum Gasteiger partial charge on any atom is -0.324 e. The lowest BCUT2D eigenvalue weighted by molar-refractivity contribution is 0.689. The molecular weight excluding hydrogens is 263 g/mol. The van der Waals surface area contributed by atoms with Crippen molar-refractivity contribution in [2.24, 2.45) is 5.73 Å². The van der Waals surface area contributed by atoms with E-state index in [1.165, 1.54) is 5.56 Å². The Labute approximate surface area is 86.7 Å². The summed E-state index contributed by atoms with van der Waals surface area (Å²) in [5.41, 5.74) is 8.31. The standard InChI is InChI=1S/C9H13IN2/c1-3-8(11)7-5-12-9(10)4-6(7)2/h4-5,8H,3,11H2,1-2H3. The maximum atomic E-state index is 5.90. The third-order valence-electron chi connectivity index (χ3n) is 1.96. The maximum Gasteiger partial charge on any atom is 0.101 e. The van der Waals surface area contributed by atoms with Gasteiger partial charge in [-0.2, -0.15) is 0 Å². The number of rotatable bonds is 2. The summed E-state index contributed by atoms with van der Waals surface area (Å²) in [6.45, 7) is 4.16. The largest absolute Gasteiger partial charge is 0.324 e. The molecule has 0 radical (unpaired) electrons. The lowest BCUT2D eigenvalue weighted by Gasteiger charge is -2.11. The van der Waals surface area contributed by atoms with Crippen molar-refractivity contribution in [1.29, 1.82) is 0 Å². The number of aromatic nitrogens is 1. The Hall–Kier alpha value is -0.160. The summed E-state index contributed by atoms with van der Waals surface area (Å²) in [6, 6.07) is 2.19. The van der Waals surface area contributed by atoms with Crippen LogP contribution in [-0.2, 0) is 0 Å². The van der Waals surface area contributed by atoms with Gasteiger partial charge in [-0.15, -0.1) is 0 Å². The first kappa shape index (κ1) is 9.92. The highest BCUT2D eigenvalue weighted by Gasteiger charge is 2.06. The number of nitrogens with two attached hydrogens (primary N) is 1. The molecule has 3 heteroatoms. The van der Waals surface area contributed by atoms with Crippen molar-refractivity contribution in [3.63, 3.8) is 0 Å². The van der Waals surface area contributed by atoms with Crippen molar-refractivity contribution in [2.45, 2.75) is 26.3 Å². The molecule has 0 aliphatic heterocycles. The van der Waals surface area contributed by atoms with Gasteiger partial charge in [0.05, 0.1) is 0 Å². The topological polar surface area (TPSA) is 38.9 Å². The van der Waals surface area contributed by atoms with Crippen LogP contribution in [0.3, 0.4) is 0 Å². The fraction of sp³-hybridized carbons (Fsp3) is 0.444. The van der Waals surface area contributed by atoms with Crippen molar-refractivity contribution in [3.8, 4) is 0 Å². The summed E-state index contributed by atoms with van der Waals surface area (Å²) in [7, 11) is 0. The zero-order valence-electron chi connectivity index (χ0n) is 7.34. The minimum absolute atomic E-state index is 0.134. The quantitative estimate of drug-likeness (QED) is 0.665. The highest BCUT2D eigenvalue weighted by molar-refractivity contribution is 14.1. The lowest BCUT2D eigenvalue weighted by Crippen LogP contribution is -2.10. The van der Waals surface area contributed by atoms with E-state index in [0.717, 1.165) is 15.7 Å². The van der Waals surface area contributed by atoms with Gasteiger partial charge in [-0.1, -0.05) is 6.92 Å². The van der Waals surface area contributed by atoms with Gasteiger partial charge in [0.25, 0.3) is 0 Å². The molecule has 1 aromatic heterocycles. The molecule has 0 aliphatic carbocycles. The van der Waals surface area contributed by atoms with Crippen LogP contribution in [-0.4, -0.2) is 4.98 Å². The van der Waals surface area contributed by atoms with Crippen LogP contribution < -0.4 is 5.73 Å². The fourth-order valence-corrected chi connectivity index (χ4v) is 1.75. The van der Waals surface area contributed by atoms with E-state index >= 15 is 0 Å². The van der Waals surface area contributed by atoms with Crippen molar-refractivity contribution >= 4 is 22.6 Å². The Morgan fingerprint density at radius 2 is 2.33 bits per heavy atom. The van der Waals surface area contributed by atoms with Gasteiger partial charge in [-0.05, 0) is 53.1 Å². The van der Waals surface area contributed by atoms with Gasteiger partial charge >= 0.3 is 0 Å². The first-order valence-corrected chi connectivity index (χ1v) is 5.10. The highest BCUT2D eigenvalue weighted by Crippen LogP contribution is 2.18. The van der Waals surface area contributed by atoms with Gasteiger partial charge in [-0.25, -0.2) is 4.98 Å². The molecule has 0 saturated carbocycles.